The first kappa shape index (κ1) is 15.5. The summed E-state index contributed by atoms with van der Waals surface area (Å²) in [6, 6.07) is 9.53. The summed E-state index contributed by atoms with van der Waals surface area (Å²) in [7, 11) is 0. The van der Waals surface area contributed by atoms with E-state index in [4.69, 9.17) is 0 Å². The number of rotatable bonds is 5. The highest BCUT2D eigenvalue weighted by Gasteiger charge is 2.22. The molecule has 0 radical (unpaired) electrons. The summed E-state index contributed by atoms with van der Waals surface area (Å²) in [6.07, 6.45) is 3.45. The van der Waals surface area contributed by atoms with E-state index in [0.29, 0.717) is 12.3 Å². The molecule has 0 fully saturated rings. The van der Waals surface area contributed by atoms with Gasteiger partial charge in [0.15, 0.2) is 0 Å². The minimum atomic E-state index is -0.196. The number of fused-ring (bicyclic) bond motifs is 1. The van der Waals surface area contributed by atoms with Gasteiger partial charge in [-0.25, -0.2) is 5.10 Å². The summed E-state index contributed by atoms with van der Waals surface area (Å²) in [5.74, 6) is 0.603. The van der Waals surface area contributed by atoms with Gasteiger partial charge in [0, 0.05) is 24.6 Å². The lowest BCUT2D eigenvalue weighted by molar-refractivity contribution is -0.121. The summed E-state index contributed by atoms with van der Waals surface area (Å²) < 4.78 is 0. The van der Waals surface area contributed by atoms with Crippen molar-refractivity contribution in [1.82, 2.24) is 15.5 Å². The average molecular weight is 311 g/mol. The number of nitrogens with one attached hydrogen (secondary N) is 2. The maximum absolute atomic E-state index is 11.6. The van der Waals surface area contributed by atoms with Crippen molar-refractivity contribution in [2.75, 3.05) is 6.54 Å². The van der Waals surface area contributed by atoms with Crippen molar-refractivity contribution in [1.29, 1.82) is 0 Å². The standard InChI is InChI=1S/C18H21N3O2/c1-2-3-17(22)19-11-12-8-13-4-5-14(10-15(13)9-12)16-6-7-18(23)21-20-16/h4-7,10,12H,2-3,8-9,11H2,1H3,(H,19,22)(H,21,23). The Morgan fingerprint density at radius 3 is 2.83 bits per heavy atom. The third-order valence-electron chi connectivity index (χ3n) is 4.26. The number of carbonyl (C=O) groups excluding carboxylic acids is 1. The quantitative estimate of drug-likeness (QED) is 0.887. The Balaban J connectivity index is 1.67. The number of nitrogens with zero attached hydrogens (tertiary/aromatic N) is 1. The minimum Gasteiger partial charge on any atom is -0.356 e. The van der Waals surface area contributed by atoms with Crippen LogP contribution in [0.5, 0.6) is 0 Å². The van der Waals surface area contributed by atoms with Gasteiger partial charge in [-0.3, -0.25) is 9.59 Å². The van der Waals surface area contributed by atoms with E-state index >= 15 is 0 Å². The number of carbonyl (C=O) groups is 1. The topological polar surface area (TPSA) is 74.8 Å². The van der Waals surface area contributed by atoms with Crippen molar-refractivity contribution in [3.05, 3.63) is 51.8 Å². The molecule has 0 spiro atoms. The Morgan fingerprint density at radius 2 is 2.09 bits per heavy atom. The van der Waals surface area contributed by atoms with Crippen LogP contribution in [-0.4, -0.2) is 22.6 Å². The number of amides is 1. The van der Waals surface area contributed by atoms with Crippen LogP contribution in [0.15, 0.2) is 35.1 Å². The van der Waals surface area contributed by atoms with Crippen LogP contribution in [0, 0.1) is 5.92 Å². The molecule has 0 bridgehead atoms. The first-order valence-electron chi connectivity index (χ1n) is 8.10. The fraction of sp³-hybridized carbons (Fsp3) is 0.389. The Kier molecular flexibility index (Phi) is 4.55. The van der Waals surface area contributed by atoms with Crippen molar-refractivity contribution >= 4 is 5.91 Å². The molecule has 2 aromatic rings. The second-order valence-corrected chi connectivity index (χ2v) is 6.12. The van der Waals surface area contributed by atoms with Crippen molar-refractivity contribution in [2.45, 2.75) is 32.6 Å². The molecule has 1 heterocycles. The molecular formula is C18H21N3O2. The molecule has 1 atom stereocenters. The number of hydrogen-bond donors (Lipinski definition) is 2. The van der Waals surface area contributed by atoms with Gasteiger partial charge >= 0.3 is 0 Å². The van der Waals surface area contributed by atoms with Gasteiger partial charge in [-0.1, -0.05) is 19.1 Å². The van der Waals surface area contributed by atoms with E-state index in [2.05, 4.69) is 27.6 Å². The average Bonchev–Trinajstić information content (AvgIpc) is 2.96. The smallest absolute Gasteiger partial charge is 0.264 e. The van der Waals surface area contributed by atoms with Crippen LogP contribution in [0.3, 0.4) is 0 Å². The normalized spacial score (nSPS) is 16.1. The van der Waals surface area contributed by atoms with Crippen LogP contribution >= 0.6 is 0 Å². The molecular weight excluding hydrogens is 290 g/mol. The summed E-state index contributed by atoms with van der Waals surface area (Å²) in [5.41, 5.74) is 4.23. The monoisotopic (exact) mass is 311 g/mol. The van der Waals surface area contributed by atoms with E-state index in [0.717, 1.165) is 37.1 Å². The fourth-order valence-corrected chi connectivity index (χ4v) is 3.09. The van der Waals surface area contributed by atoms with E-state index < -0.39 is 0 Å². The van der Waals surface area contributed by atoms with Crippen LogP contribution in [0.2, 0.25) is 0 Å². The Bertz CT molecular complexity index is 747. The van der Waals surface area contributed by atoms with Crippen molar-refractivity contribution in [3.8, 4) is 11.3 Å². The molecule has 1 unspecified atom stereocenters. The molecule has 23 heavy (non-hydrogen) atoms. The van der Waals surface area contributed by atoms with Gasteiger partial charge in [0.25, 0.3) is 5.56 Å². The molecule has 5 nitrogen and oxygen atoms in total. The molecule has 2 N–H and O–H groups in total. The van der Waals surface area contributed by atoms with Gasteiger partial charge in [0.2, 0.25) is 5.91 Å². The molecule has 5 heteroatoms. The lowest BCUT2D eigenvalue weighted by Crippen LogP contribution is -2.29. The highest BCUT2D eigenvalue weighted by molar-refractivity contribution is 5.75. The number of hydrogen-bond acceptors (Lipinski definition) is 3. The highest BCUT2D eigenvalue weighted by atomic mass is 16.1. The zero-order chi connectivity index (χ0) is 16.2. The largest absolute Gasteiger partial charge is 0.356 e. The third-order valence-corrected chi connectivity index (χ3v) is 4.26. The predicted molar refractivity (Wildman–Crippen MR) is 89.1 cm³/mol. The van der Waals surface area contributed by atoms with Crippen molar-refractivity contribution < 1.29 is 4.79 Å². The Morgan fingerprint density at radius 1 is 1.26 bits per heavy atom. The molecule has 120 valence electrons. The SMILES string of the molecule is CCCC(=O)NCC1Cc2ccc(-c3ccc(=O)[nH]n3)cc2C1. The molecule has 1 aromatic carbocycles. The highest BCUT2D eigenvalue weighted by Crippen LogP contribution is 2.30. The van der Waals surface area contributed by atoms with E-state index in [-0.39, 0.29) is 11.5 Å². The van der Waals surface area contributed by atoms with Crippen LogP contribution in [0.25, 0.3) is 11.3 Å². The van der Waals surface area contributed by atoms with Crippen molar-refractivity contribution in [2.24, 2.45) is 5.92 Å². The maximum atomic E-state index is 11.6. The first-order chi connectivity index (χ1) is 11.2. The Hall–Kier alpha value is -2.43. The van der Waals surface area contributed by atoms with Gasteiger partial charge in [0.1, 0.15) is 0 Å². The summed E-state index contributed by atoms with van der Waals surface area (Å²) in [5, 5.41) is 9.57. The van der Waals surface area contributed by atoms with E-state index in [1.54, 1.807) is 6.07 Å². The molecule has 1 aromatic heterocycles. The van der Waals surface area contributed by atoms with Gasteiger partial charge < -0.3 is 5.32 Å². The molecule has 0 aliphatic heterocycles. The number of H-pyrrole nitrogens is 1. The van der Waals surface area contributed by atoms with Gasteiger partial charge in [-0.2, -0.15) is 5.10 Å². The van der Waals surface area contributed by atoms with Gasteiger partial charge in [0.05, 0.1) is 5.69 Å². The summed E-state index contributed by atoms with van der Waals surface area (Å²) in [6.45, 7) is 2.75. The second-order valence-electron chi connectivity index (χ2n) is 6.12. The second kappa shape index (κ2) is 6.77. The maximum Gasteiger partial charge on any atom is 0.264 e. The van der Waals surface area contributed by atoms with Gasteiger partial charge in [-0.15, -0.1) is 0 Å². The van der Waals surface area contributed by atoms with Crippen LogP contribution in [0.4, 0.5) is 0 Å². The lowest BCUT2D eigenvalue weighted by Gasteiger charge is -2.10. The minimum absolute atomic E-state index is 0.140. The zero-order valence-corrected chi connectivity index (χ0v) is 13.3. The lowest BCUT2D eigenvalue weighted by atomic mass is 10.0. The molecule has 1 amide bonds. The number of aromatic nitrogens is 2. The number of aromatic amines is 1. The van der Waals surface area contributed by atoms with Gasteiger partial charge in [-0.05, 0) is 48.4 Å². The predicted octanol–water partition coefficient (Wildman–Crippen LogP) is 2.07. The summed E-state index contributed by atoms with van der Waals surface area (Å²) in [4.78, 5) is 22.7. The molecule has 1 aliphatic carbocycles. The van der Waals surface area contributed by atoms with Crippen LogP contribution in [0.1, 0.15) is 30.9 Å². The van der Waals surface area contributed by atoms with Crippen molar-refractivity contribution in [3.63, 3.8) is 0 Å². The van der Waals surface area contributed by atoms with E-state index in [1.807, 2.05) is 13.0 Å². The molecule has 1 aliphatic rings. The van der Waals surface area contributed by atoms with Crippen LogP contribution in [-0.2, 0) is 17.6 Å². The Labute approximate surface area is 135 Å². The third kappa shape index (κ3) is 3.67. The molecule has 0 saturated carbocycles. The van der Waals surface area contributed by atoms with E-state index in [9.17, 15) is 9.59 Å². The van der Waals surface area contributed by atoms with E-state index in [1.165, 1.54) is 17.2 Å². The summed E-state index contributed by atoms with van der Waals surface area (Å²) >= 11 is 0. The first-order valence-corrected chi connectivity index (χ1v) is 8.10. The zero-order valence-electron chi connectivity index (χ0n) is 13.3. The van der Waals surface area contributed by atoms with Crippen LogP contribution < -0.4 is 10.9 Å². The number of benzene rings is 1. The molecule has 0 saturated heterocycles. The molecule has 3 rings (SSSR count). The fourth-order valence-electron chi connectivity index (χ4n) is 3.09.